The highest BCUT2D eigenvalue weighted by Crippen LogP contribution is 2.30. The third kappa shape index (κ3) is 4.11. The van der Waals surface area contributed by atoms with Gasteiger partial charge in [0.15, 0.2) is 5.75 Å². The summed E-state index contributed by atoms with van der Waals surface area (Å²) in [4.78, 5) is 10.2. The van der Waals surface area contributed by atoms with Crippen molar-refractivity contribution in [1.29, 1.82) is 0 Å². The molecule has 1 N–H and O–H groups in total. The number of halogens is 1. The largest absolute Gasteiger partial charge is 0.490 e. The summed E-state index contributed by atoms with van der Waals surface area (Å²) in [7, 11) is -2.64. The van der Waals surface area contributed by atoms with Gasteiger partial charge in [0.1, 0.15) is 0 Å². The van der Waals surface area contributed by atoms with E-state index in [0.717, 1.165) is 16.1 Å². The van der Waals surface area contributed by atoms with Crippen LogP contribution in [0.1, 0.15) is 18.5 Å². The maximum absolute atomic E-state index is 12.5. The number of hydrogen-bond acceptors (Lipinski definition) is 5. The molecule has 0 amide bonds. The van der Waals surface area contributed by atoms with Crippen LogP contribution in [0.2, 0.25) is 0 Å². The standard InChI is InChI=1S/C15H15BrN2O5S/c1-10(11-4-3-5-12(16)8-11)17-24(21,22)13-6-7-15(23-2)14(9-13)18(19)20/h3-10,17H,1-2H3. The number of nitro benzene ring substituents is 1. The first-order valence-electron chi connectivity index (χ1n) is 6.85. The summed E-state index contributed by atoms with van der Waals surface area (Å²) in [5.74, 6) is -0.000937. The molecule has 0 radical (unpaired) electrons. The minimum atomic E-state index is -3.93. The number of rotatable bonds is 6. The molecule has 1 unspecified atom stereocenters. The van der Waals surface area contributed by atoms with Gasteiger partial charge in [-0.3, -0.25) is 10.1 Å². The Balaban J connectivity index is 2.33. The van der Waals surface area contributed by atoms with Gasteiger partial charge in [0.05, 0.1) is 16.9 Å². The maximum Gasteiger partial charge on any atom is 0.312 e. The fraction of sp³-hybridized carbons (Fsp3) is 0.200. The van der Waals surface area contributed by atoms with Gasteiger partial charge in [0, 0.05) is 16.6 Å². The zero-order chi connectivity index (χ0) is 17.9. The monoisotopic (exact) mass is 414 g/mol. The lowest BCUT2D eigenvalue weighted by molar-refractivity contribution is -0.386. The summed E-state index contributed by atoms with van der Waals surface area (Å²) < 4.78 is 33.2. The second-order valence-corrected chi connectivity index (χ2v) is 7.62. The fourth-order valence-corrected chi connectivity index (χ4v) is 3.79. The van der Waals surface area contributed by atoms with Gasteiger partial charge in [-0.05, 0) is 36.8 Å². The molecule has 0 aliphatic rings. The molecule has 2 aromatic carbocycles. The van der Waals surface area contributed by atoms with Crippen LogP contribution < -0.4 is 9.46 Å². The lowest BCUT2D eigenvalue weighted by Gasteiger charge is -2.15. The van der Waals surface area contributed by atoms with E-state index in [1.165, 1.54) is 19.2 Å². The number of hydrogen-bond donors (Lipinski definition) is 1. The highest BCUT2D eigenvalue weighted by Gasteiger charge is 2.23. The first kappa shape index (κ1) is 18.4. The van der Waals surface area contributed by atoms with Gasteiger partial charge in [-0.1, -0.05) is 28.1 Å². The number of nitrogens with one attached hydrogen (secondary N) is 1. The number of nitrogens with zero attached hydrogens (tertiary/aromatic N) is 1. The fourth-order valence-electron chi connectivity index (χ4n) is 2.12. The van der Waals surface area contributed by atoms with Crippen molar-refractivity contribution >= 4 is 31.6 Å². The van der Waals surface area contributed by atoms with Crippen LogP contribution in [0.4, 0.5) is 5.69 Å². The van der Waals surface area contributed by atoms with Crippen molar-refractivity contribution in [2.75, 3.05) is 7.11 Å². The quantitative estimate of drug-likeness (QED) is 0.576. The average molecular weight is 415 g/mol. The van der Waals surface area contributed by atoms with Crippen molar-refractivity contribution in [2.45, 2.75) is 17.9 Å². The Bertz CT molecular complexity index is 870. The summed E-state index contributed by atoms with van der Waals surface area (Å²) >= 11 is 3.33. The highest BCUT2D eigenvalue weighted by atomic mass is 79.9. The number of ether oxygens (including phenoxy) is 1. The van der Waals surface area contributed by atoms with Gasteiger partial charge in [-0.2, -0.15) is 0 Å². The molecule has 24 heavy (non-hydrogen) atoms. The second kappa shape index (κ2) is 7.29. The van der Waals surface area contributed by atoms with Gasteiger partial charge in [-0.15, -0.1) is 0 Å². The first-order chi connectivity index (χ1) is 11.2. The molecule has 0 spiro atoms. The molecule has 0 aromatic heterocycles. The molecule has 0 fully saturated rings. The Labute approximate surface area is 148 Å². The van der Waals surface area contributed by atoms with E-state index in [1.54, 1.807) is 25.1 Å². The van der Waals surface area contributed by atoms with Crippen LogP contribution in [0.3, 0.4) is 0 Å². The van der Waals surface area contributed by atoms with Gasteiger partial charge in [-0.25, -0.2) is 13.1 Å². The van der Waals surface area contributed by atoms with Crippen molar-refractivity contribution in [3.63, 3.8) is 0 Å². The Hall–Kier alpha value is -1.97. The predicted molar refractivity (Wildman–Crippen MR) is 92.5 cm³/mol. The van der Waals surface area contributed by atoms with Crippen LogP contribution in [0.25, 0.3) is 0 Å². The van der Waals surface area contributed by atoms with E-state index in [1.807, 2.05) is 6.07 Å². The van der Waals surface area contributed by atoms with E-state index in [0.29, 0.717) is 0 Å². The molecule has 128 valence electrons. The molecule has 0 bridgehead atoms. The molecule has 7 nitrogen and oxygen atoms in total. The van der Waals surface area contributed by atoms with Gasteiger partial charge in [0.25, 0.3) is 0 Å². The lowest BCUT2D eigenvalue weighted by Crippen LogP contribution is -2.27. The molecule has 9 heteroatoms. The van der Waals surface area contributed by atoms with Gasteiger partial charge < -0.3 is 4.74 Å². The Morgan fingerprint density at radius 3 is 2.54 bits per heavy atom. The molecule has 0 saturated heterocycles. The van der Waals surface area contributed by atoms with E-state index in [4.69, 9.17) is 4.74 Å². The SMILES string of the molecule is COc1ccc(S(=O)(=O)NC(C)c2cccc(Br)c2)cc1[N+](=O)[O-]. The van der Waals surface area contributed by atoms with Crippen molar-refractivity contribution < 1.29 is 18.1 Å². The minimum Gasteiger partial charge on any atom is -0.490 e. The topological polar surface area (TPSA) is 98.5 Å². The number of methoxy groups -OCH3 is 1. The zero-order valence-corrected chi connectivity index (χ0v) is 15.3. The summed E-state index contributed by atoms with van der Waals surface area (Å²) in [6.45, 7) is 1.69. The summed E-state index contributed by atoms with van der Waals surface area (Å²) in [5, 5.41) is 11.0. The molecule has 0 saturated carbocycles. The summed E-state index contributed by atoms with van der Waals surface area (Å²) in [6.07, 6.45) is 0. The third-order valence-corrected chi connectivity index (χ3v) is 5.37. The maximum atomic E-state index is 12.5. The molecule has 0 heterocycles. The Kier molecular flexibility index (Phi) is 5.58. The number of sulfonamides is 1. The molecule has 0 aliphatic heterocycles. The van der Waals surface area contributed by atoms with E-state index in [2.05, 4.69) is 20.7 Å². The van der Waals surface area contributed by atoms with Crippen LogP contribution in [0.5, 0.6) is 5.75 Å². The van der Waals surface area contributed by atoms with E-state index in [-0.39, 0.29) is 10.6 Å². The van der Waals surface area contributed by atoms with Crippen LogP contribution in [-0.2, 0) is 10.0 Å². The molecule has 1 atom stereocenters. The van der Waals surface area contributed by atoms with Crippen molar-refractivity contribution in [2.24, 2.45) is 0 Å². The molecular weight excluding hydrogens is 400 g/mol. The van der Waals surface area contributed by atoms with E-state index in [9.17, 15) is 18.5 Å². The molecular formula is C15H15BrN2O5S. The second-order valence-electron chi connectivity index (χ2n) is 4.99. The van der Waals surface area contributed by atoms with Crippen molar-refractivity contribution in [3.8, 4) is 5.75 Å². The average Bonchev–Trinajstić information content (AvgIpc) is 2.53. The van der Waals surface area contributed by atoms with Crippen LogP contribution >= 0.6 is 15.9 Å². The van der Waals surface area contributed by atoms with E-state index < -0.39 is 26.7 Å². The summed E-state index contributed by atoms with van der Waals surface area (Å²) in [6, 6.07) is 10.2. The number of benzene rings is 2. The van der Waals surface area contributed by atoms with Crippen molar-refractivity contribution in [1.82, 2.24) is 4.72 Å². The molecule has 2 rings (SSSR count). The highest BCUT2D eigenvalue weighted by molar-refractivity contribution is 9.10. The lowest BCUT2D eigenvalue weighted by atomic mass is 10.1. The smallest absolute Gasteiger partial charge is 0.312 e. The van der Waals surface area contributed by atoms with Crippen molar-refractivity contribution in [3.05, 3.63) is 62.6 Å². The van der Waals surface area contributed by atoms with Crippen LogP contribution in [0.15, 0.2) is 51.8 Å². The Morgan fingerprint density at radius 1 is 1.25 bits per heavy atom. The third-order valence-electron chi connectivity index (χ3n) is 3.34. The predicted octanol–water partition coefficient (Wildman–Crippen LogP) is 3.41. The zero-order valence-electron chi connectivity index (χ0n) is 12.9. The summed E-state index contributed by atoms with van der Waals surface area (Å²) in [5.41, 5.74) is 0.353. The minimum absolute atomic E-state index is 0.000937. The Morgan fingerprint density at radius 2 is 1.96 bits per heavy atom. The number of nitro groups is 1. The first-order valence-corrected chi connectivity index (χ1v) is 9.12. The van der Waals surface area contributed by atoms with E-state index >= 15 is 0 Å². The molecule has 0 aliphatic carbocycles. The van der Waals surface area contributed by atoms with Gasteiger partial charge >= 0.3 is 5.69 Å². The molecule has 2 aromatic rings. The normalized spacial score (nSPS) is 12.6. The van der Waals surface area contributed by atoms with Crippen LogP contribution in [0, 0.1) is 10.1 Å². The van der Waals surface area contributed by atoms with Gasteiger partial charge in [0.2, 0.25) is 10.0 Å². The van der Waals surface area contributed by atoms with Crippen LogP contribution in [-0.4, -0.2) is 20.5 Å².